The molecule has 0 amide bonds. The summed E-state index contributed by atoms with van der Waals surface area (Å²) in [5.74, 6) is -0.820. The minimum atomic E-state index is -0.820. The number of carbonyl (C=O) groups is 1. The SMILES string of the molecule is O=C(O)Cc1sc(-c2cccs2)nc1-c1cccs1. The minimum absolute atomic E-state index is 0.0241. The Balaban J connectivity index is 2.08. The number of carboxylic acids is 1. The lowest BCUT2D eigenvalue weighted by Crippen LogP contribution is -1.98. The van der Waals surface area contributed by atoms with Crippen molar-refractivity contribution in [2.45, 2.75) is 6.42 Å². The molecule has 3 rings (SSSR count). The van der Waals surface area contributed by atoms with E-state index in [0.29, 0.717) is 0 Å². The Morgan fingerprint density at radius 2 is 1.84 bits per heavy atom. The topological polar surface area (TPSA) is 50.2 Å². The maximum Gasteiger partial charge on any atom is 0.308 e. The summed E-state index contributed by atoms with van der Waals surface area (Å²) in [5, 5.41) is 13.9. The van der Waals surface area contributed by atoms with Crippen LogP contribution >= 0.6 is 34.0 Å². The number of carboxylic acid groups (broad SMARTS) is 1. The molecule has 3 aromatic heterocycles. The highest BCUT2D eigenvalue weighted by molar-refractivity contribution is 7.21. The Hall–Kier alpha value is -1.50. The van der Waals surface area contributed by atoms with Gasteiger partial charge in [-0.1, -0.05) is 12.1 Å². The Labute approximate surface area is 121 Å². The van der Waals surface area contributed by atoms with E-state index in [2.05, 4.69) is 4.98 Å². The first-order valence-electron chi connectivity index (χ1n) is 5.53. The van der Waals surface area contributed by atoms with E-state index in [-0.39, 0.29) is 6.42 Å². The third kappa shape index (κ3) is 2.60. The second-order valence-corrected chi connectivity index (χ2v) is 6.79. The van der Waals surface area contributed by atoms with E-state index in [1.807, 2.05) is 35.0 Å². The molecule has 0 radical (unpaired) electrons. The van der Waals surface area contributed by atoms with Crippen LogP contribution in [0.15, 0.2) is 35.0 Å². The van der Waals surface area contributed by atoms with Crippen molar-refractivity contribution in [2.24, 2.45) is 0 Å². The van der Waals surface area contributed by atoms with Gasteiger partial charge in [0.05, 0.1) is 21.9 Å². The predicted octanol–water partition coefficient (Wildman–Crippen LogP) is 4.23. The van der Waals surface area contributed by atoms with Crippen molar-refractivity contribution in [3.05, 3.63) is 39.9 Å². The van der Waals surface area contributed by atoms with Gasteiger partial charge in [0.15, 0.2) is 0 Å². The first kappa shape index (κ1) is 12.5. The third-order valence-electron chi connectivity index (χ3n) is 2.50. The summed E-state index contributed by atoms with van der Waals surface area (Å²) in [4.78, 5) is 18.5. The third-order valence-corrected chi connectivity index (χ3v) is 5.47. The second-order valence-electron chi connectivity index (χ2n) is 3.82. The lowest BCUT2D eigenvalue weighted by Gasteiger charge is -1.95. The molecule has 0 saturated carbocycles. The van der Waals surface area contributed by atoms with Gasteiger partial charge in [0.1, 0.15) is 5.01 Å². The first-order valence-corrected chi connectivity index (χ1v) is 8.11. The smallest absolute Gasteiger partial charge is 0.308 e. The van der Waals surface area contributed by atoms with Gasteiger partial charge < -0.3 is 5.11 Å². The van der Waals surface area contributed by atoms with E-state index in [0.717, 1.165) is 25.3 Å². The number of nitrogens with zero attached hydrogens (tertiary/aromatic N) is 1. The molecule has 0 bridgehead atoms. The summed E-state index contributed by atoms with van der Waals surface area (Å²) in [7, 11) is 0. The average molecular weight is 307 g/mol. The van der Waals surface area contributed by atoms with E-state index in [1.165, 1.54) is 11.3 Å². The molecule has 0 aliphatic rings. The summed E-state index contributed by atoms with van der Waals surface area (Å²) in [6.45, 7) is 0. The Morgan fingerprint density at radius 1 is 1.16 bits per heavy atom. The van der Waals surface area contributed by atoms with Crippen molar-refractivity contribution in [1.82, 2.24) is 4.98 Å². The number of aliphatic carboxylic acids is 1. The molecule has 0 fully saturated rings. The van der Waals surface area contributed by atoms with E-state index in [4.69, 9.17) is 5.11 Å². The maximum absolute atomic E-state index is 11.0. The summed E-state index contributed by atoms with van der Waals surface area (Å²) in [6, 6.07) is 7.91. The Bertz CT molecular complexity index is 684. The van der Waals surface area contributed by atoms with Crippen LogP contribution < -0.4 is 0 Å². The number of thiazole rings is 1. The molecule has 0 aliphatic heterocycles. The quantitative estimate of drug-likeness (QED) is 0.785. The highest BCUT2D eigenvalue weighted by Gasteiger charge is 2.17. The summed E-state index contributed by atoms with van der Waals surface area (Å²) < 4.78 is 0. The summed E-state index contributed by atoms with van der Waals surface area (Å²) in [6.07, 6.45) is 0.0241. The van der Waals surface area contributed by atoms with Crippen LogP contribution in [0.1, 0.15) is 4.88 Å². The minimum Gasteiger partial charge on any atom is -0.481 e. The molecule has 19 heavy (non-hydrogen) atoms. The van der Waals surface area contributed by atoms with Gasteiger partial charge in [-0.2, -0.15) is 0 Å². The molecule has 6 heteroatoms. The molecular weight excluding hydrogens is 298 g/mol. The number of hydrogen-bond acceptors (Lipinski definition) is 5. The zero-order valence-electron chi connectivity index (χ0n) is 9.70. The monoisotopic (exact) mass is 307 g/mol. The van der Waals surface area contributed by atoms with Crippen LogP contribution in [0.25, 0.3) is 20.5 Å². The van der Waals surface area contributed by atoms with Crippen molar-refractivity contribution < 1.29 is 9.90 Å². The zero-order chi connectivity index (χ0) is 13.2. The second kappa shape index (κ2) is 5.24. The van der Waals surface area contributed by atoms with Gasteiger partial charge in [0, 0.05) is 4.88 Å². The van der Waals surface area contributed by atoms with Crippen LogP contribution in [0, 0.1) is 0 Å². The molecule has 0 spiro atoms. The molecule has 3 heterocycles. The van der Waals surface area contributed by atoms with Crippen LogP contribution in [0.2, 0.25) is 0 Å². The number of thiophene rings is 2. The fourth-order valence-electron chi connectivity index (χ4n) is 1.72. The van der Waals surface area contributed by atoms with E-state index in [9.17, 15) is 4.79 Å². The fraction of sp³-hybridized carbons (Fsp3) is 0.0769. The molecule has 0 saturated heterocycles. The molecule has 0 unspecified atom stereocenters. The molecule has 1 N–H and O–H groups in total. The van der Waals surface area contributed by atoms with Crippen molar-refractivity contribution in [3.8, 4) is 20.5 Å². The van der Waals surface area contributed by atoms with Gasteiger partial charge in [-0.25, -0.2) is 4.98 Å². The van der Waals surface area contributed by atoms with Crippen LogP contribution in [0.5, 0.6) is 0 Å². The van der Waals surface area contributed by atoms with Crippen molar-refractivity contribution in [3.63, 3.8) is 0 Å². The number of aromatic nitrogens is 1. The number of rotatable bonds is 4. The van der Waals surface area contributed by atoms with Crippen LogP contribution in [0.4, 0.5) is 0 Å². The normalized spacial score (nSPS) is 10.7. The molecule has 0 aromatic carbocycles. The lowest BCUT2D eigenvalue weighted by molar-refractivity contribution is -0.136. The average Bonchev–Trinajstić information content (AvgIpc) is 3.09. The van der Waals surface area contributed by atoms with Crippen LogP contribution in [-0.4, -0.2) is 16.1 Å². The van der Waals surface area contributed by atoms with Crippen molar-refractivity contribution >= 4 is 40.0 Å². The molecule has 96 valence electrons. The van der Waals surface area contributed by atoms with E-state index >= 15 is 0 Å². The molecule has 0 atom stereocenters. The highest BCUT2D eigenvalue weighted by atomic mass is 32.1. The lowest BCUT2D eigenvalue weighted by atomic mass is 10.2. The van der Waals surface area contributed by atoms with E-state index < -0.39 is 5.97 Å². The molecular formula is C13H9NO2S3. The summed E-state index contributed by atoms with van der Waals surface area (Å²) >= 11 is 4.67. The Kier molecular flexibility index (Phi) is 3.46. The van der Waals surface area contributed by atoms with Gasteiger partial charge in [0.2, 0.25) is 0 Å². The number of hydrogen-bond donors (Lipinski definition) is 1. The molecule has 0 aliphatic carbocycles. The molecule has 3 nitrogen and oxygen atoms in total. The zero-order valence-corrected chi connectivity index (χ0v) is 12.1. The van der Waals surface area contributed by atoms with Crippen molar-refractivity contribution in [2.75, 3.05) is 0 Å². The summed E-state index contributed by atoms with van der Waals surface area (Å²) in [5.41, 5.74) is 0.811. The standard InChI is InChI=1S/C13H9NO2S3/c15-11(16)7-10-12(8-3-1-5-17-8)14-13(19-10)9-4-2-6-18-9/h1-6H,7H2,(H,15,16). The highest BCUT2D eigenvalue weighted by Crippen LogP contribution is 2.37. The Morgan fingerprint density at radius 3 is 2.42 bits per heavy atom. The maximum atomic E-state index is 11.0. The van der Waals surface area contributed by atoms with E-state index in [1.54, 1.807) is 22.7 Å². The van der Waals surface area contributed by atoms with Crippen LogP contribution in [0.3, 0.4) is 0 Å². The largest absolute Gasteiger partial charge is 0.481 e. The van der Waals surface area contributed by atoms with Gasteiger partial charge in [0.25, 0.3) is 0 Å². The predicted molar refractivity (Wildman–Crippen MR) is 80.1 cm³/mol. The van der Waals surface area contributed by atoms with Gasteiger partial charge >= 0.3 is 5.97 Å². The molecule has 3 aromatic rings. The van der Waals surface area contributed by atoms with Crippen molar-refractivity contribution in [1.29, 1.82) is 0 Å². The fourth-order valence-corrected chi connectivity index (χ4v) is 4.39. The van der Waals surface area contributed by atoms with Gasteiger partial charge in [-0.3, -0.25) is 4.79 Å². The van der Waals surface area contributed by atoms with Crippen LogP contribution in [-0.2, 0) is 11.2 Å². The van der Waals surface area contributed by atoms with Gasteiger partial charge in [-0.15, -0.1) is 34.0 Å². The van der Waals surface area contributed by atoms with Gasteiger partial charge in [-0.05, 0) is 22.9 Å². The first-order chi connectivity index (χ1) is 9.24.